The van der Waals surface area contributed by atoms with Crippen molar-refractivity contribution in [2.45, 2.75) is 44.1 Å². The zero-order chi connectivity index (χ0) is 22.5. The molecular weight excluding hydrogens is 408 g/mol. The summed E-state index contributed by atoms with van der Waals surface area (Å²) in [4.78, 5) is 35.6. The smallest absolute Gasteiger partial charge is 0.407 e. The first-order valence-electron chi connectivity index (χ1n) is 11.1. The van der Waals surface area contributed by atoms with Crippen molar-refractivity contribution in [3.63, 3.8) is 0 Å². The van der Waals surface area contributed by atoms with E-state index in [4.69, 9.17) is 9.84 Å². The molecular formula is C25H28N2O5. The molecule has 0 saturated heterocycles. The number of hydrogen-bond acceptors (Lipinski definition) is 4. The Balaban J connectivity index is 1.28. The second-order valence-electron chi connectivity index (χ2n) is 8.50. The van der Waals surface area contributed by atoms with Crippen LogP contribution in [-0.2, 0) is 14.3 Å². The maximum absolute atomic E-state index is 12.3. The van der Waals surface area contributed by atoms with Gasteiger partial charge in [0.2, 0.25) is 5.91 Å². The number of fused-ring (bicyclic) bond motifs is 3. The normalized spacial score (nSPS) is 19.5. The first-order chi connectivity index (χ1) is 15.5. The number of hydrogen-bond donors (Lipinski definition) is 3. The van der Waals surface area contributed by atoms with E-state index in [1.54, 1.807) is 0 Å². The Labute approximate surface area is 187 Å². The summed E-state index contributed by atoms with van der Waals surface area (Å²) in [7, 11) is 0. The number of carboxylic acids is 1. The van der Waals surface area contributed by atoms with E-state index in [-0.39, 0.29) is 43.4 Å². The molecule has 0 unspecified atom stereocenters. The van der Waals surface area contributed by atoms with Crippen molar-refractivity contribution in [2.75, 3.05) is 13.2 Å². The van der Waals surface area contributed by atoms with Crippen LogP contribution in [0.4, 0.5) is 4.79 Å². The van der Waals surface area contributed by atoms with Gasteiger partial charge < -0.3 is 20.5 Å². The number of amides is 2. The monoisotopic (exact) mass is 436 g/mol. The van der Waals surface area contributed by atoms with Crippen LogP contribution in [0.3, 0.4) is 0 Å². The van der Waals surface area contributed by atoms with E-state index in [2.05, 4.69) is 22.8 Å². The highest BCUT2D eigenvalue weighted by Crippen LogP contribution is 2.44. The average molecular weight is 437 g/mol. The van der Waals surface area contributed by atoms with E-state index < -0.39 is 12.1 Å². The molecule has 0 aromatic heterocycles. The van der Waals surface area contributed by atoms with E-state index in [0.29, 0.717) is 0 Å². The minimum absolute atomic E-state index is 0.0407. The lowest BCUT2D eigenvalue weighted by Gasteiger charge is -2.31. The second kappa shape index (κ2) is 9.85. The Morgan fingerprint density at radius 1 is 0.938 bits per heavy atom. The Kier molecular flexibility index (Phi) is 6.73. The SMILES string of the molecule is O=C(O)C[C@H]1CCCC[C@H]1NC(=O)CNC(=O)OCC1c2ccccc2-c2ccccc21. The van der Waals surface area contributed by atoms with Gasteiger partial charge in [-0.25, -0.2) is 4.79 Å². The quantitative estimate of drug-likeness (QED) is 0.614. The molecule has 2 aliphatic carbocycles. The van der Waals surface area contributed by atoms with E-state index >= 15 is 0 Å². The Bertz CT molecular complexity index is 960. The second-order valence-corrected chi connectivity index (χ2v) is 8.50. The number of carboxylic acid groups (broad SMARTS) is 1. The maximum atomic E-state index is 12.3. The van der Waals surface area contributed by atoms with Crippen molar-refractivity contribution in [1.29, 1.82) is 0 Å². The highest BCUT2D eigenvalue weighted by molar-refractivity contribution is 5.83. The first kappa shape index (κ1) is 21.9. The van der Waals surface area contributed by atoms with Crippen LogP contribution in [0.25, 0.3) is 11.1 Å². The molecule has 2 atom stereocenters. The van der Waals surface area contributed by atoms with Gasteiger partial charge in [0.15, 0.2) is 0 Å². The molecule has 32 heavy (non-hydrogen) atoms. The number of aliphatic carboxylic acids is 1. The molecule has 1 fully saturated rings. The summed E-state index contributed by atoms with van der Waals surface area (Å²) in [6, 6.07) is 16.0. The molecule has 3 N–H and O–H groups in total. The van der Waals surface area contributed by atoms with Gasteiger partial charge in [0.25, 0.3) is 0 Å². The molecule has 0 bridgehead atoms. The summed E-state index contributed by atoms with van der Waals surface area (Å²) < 4.78 is 5.45. The van der Waals surface area contributed by atoms with Crippen molar-refractivity contribution in [3.05, 3.63) is 59.7 Å². The summed E-state index contributed by atoms with van der Waals surface area (Å²) in [6.45, 7) is -0.0161. The van der Waals surface area contributed by atoms with Crippen molar-refractivity contribution >= 4 is 18.0 Å². The van der Waals surface area contributed by atoms with Crippen molar-refractivity contribution in [1.82, 2.24) is 10.6 Å². The Morgan fingerprint density at radius 2 is 1.56 bits per heavy atom. The molecule has 7 nitrogen and oxygen atoms in total. The molecule has 0 spiro atoms. The number of carbonyl (C=O) groups is 3. The topological polar surface area (TPSA) is 105 Å². The predicted molar refractivity (Wildman–Crippen MR) is 119 cm³/mol. The zero-order valence-electron chi connectivity index (χ0n) is 17.9. The maximum Gasteiger partial charge on any atom is 0.407 e. The van der Waals surface area contributed by atoms with E-state index in [1.165, 1.54) is 0 Å². The number of alkyl carbamates (subject to hydrolysis) is 1. The standard InChI is InChI=1S/C25H28N2O5/c28-23(27-22-12-6-1-7-16(22)13-24(29)30)14-26-25(31)32-15-21-19-10-4-2-8-17(19)18-9-3-5-11-20(18)21/h2-5,8-11,16,21-22H,1,6-7,12-15H2,(H,26,31)(H,27,28)(H,29,30)/t16-,22-/m1/s1. The molecule has 2 aromatic rings. The zero-order valence-corrected chi connectivity index (χ0v) is 17.9. The highest BCUT2D eigenvalue weighted by Gasteiger charge is 2.30. The summed E-state index contributed by atoms with van der Waals surface area (Å²) in [5.74, 6) is -1.30. The summed E-state index contributed by atoms with van der Waals surface area (Å²) in [5, 5.41) is 14.5. The Morgan fingerprint density at radius 3 is 2.22 bits per heavy atom. The molecule has 0 heterocycles. The number of rotatable bonds is 7. The van der Waals surface area contributed by atoms with Crippen LogP contribution in [0.2, 0.25) is 0 Å². The molecule has 2 aliphatic rings. The first-order valence-corrected chi connectivity index (χ1v) is 11.1. The highest BCUT2D eigenvalue weighted by atomic mass is 16.5. The predicted octanol–water partition coefficient (Wildman–Crippen LogP) is 3.67. The molecule has 168 valence electrons. The fraction of sp³-hybridized carbons (Fsp3) is 0.400. The fourth-order valence-electron chi connectivity index (χ4n) is 4.93. The Hall–Kier alpha value is -3.35. The van der Waals surface area contributed by atoms with Crippen LogP contribution >= 0.6 is 0 Å². The minimum Gasteiger partial charge on any atom is -0.481 e. The van der Waals surface area contributed by atoms with Crippen LogP contribution in [0.15, 0.2) is 48.5 Å². The van der Waals surface area contributed by atoms with Crippen molar-refractivity contribution < 1.29 is 24.2 Å². The number of benzene rings is 2. The molecule has 7 heteroatoms. The molecule has 1 saturated carbocycles. The van der Waals surface area contributed by atoms with Gasteiger partial charge in [-0.3, -0.25) is 9.59 Å². The lowest BCUT2D eigenvalue weighted by Crippen LogP contribution is -2.46. The lowest BCUT2D eigenvalue weighted by molar-refractivity contribution is -0.139. The third-order valence-electron chi connectivity index (χ3n) is 6.43. The summed E-state index contributed by atoms with van der Waals surface area (Å²) in [5.41, 5.74) is 4.56. The van der Waals surface area contributed by atoms with Gasteiger partial charge in [-0.15, -0.1) is 0 Å². The van der Waals surface area contributed by atoms with Gasteiger partial charge in [-0.2, -0.15) is 0 Å². The van der Waals surface area contributed by atoms with Crippen LogP contribution < -0.4 is 10.6 Å². The van der Waals surface area contributed by atoms with Crippen LogP contribution in [0.1, 0.15) is 49.1 Å². The van der Waals surface area contributed by atoms with Gasteiger partial charge in [-0.05, 0) is 41.0 Å². The molecule has 0 radical (unpaired) electrons. The van der Waals surface area contributed by atoms with Crippen LogP contribution in [0, 0.1) is 5.92 Å². The van der Waals surface area contributed by atoms with Gasteiger partial charge in [0.1, 0.15) is 13.2 Å². The number of ether oxygens (including phenoxy) is 1. The summed E-state index contributed by atoms with van der Waals surface area (Å²) in [6.07, 6.45) is 2.88. The largest absolute Gasteiger partial charge is 0.481 e. The van der Waals surface area contributed by atoms with Crippen molar-refractivity contribution in [2.24, 2.45) is 5.92 Å². The summed E-state index contributed by atoms with van der Waals surface area (Å²) >= 11 is 0. The van der Waals surface area contributed by atoms with Crippen molar-refractivity contribution in [3.8, 4) is 11.1 Å². The van der Waals surface area contributed by atoms with Gasteiger partial charge in [-0.1, -0.05) is 61.4 Å². The van der Waals surface area contributed by atoms with E-state index in [1.807, 2.05) is 36.4 Å². The molecule has 2 amide bonds. The fourth-order valence-corrected chi connectivity index (χ4v) is 4.93. The van der Waals surface area contributed by atoms with E-state index in [0.717, 1.165) is 47.9 Å². The third kappa shape index (κ3) is 4.93. The molecule has 0 aliphatic heterocycles. The van der Waals surface area contributed by atoms with Crippen LogP contribution in [0.5, 0.6) is 0 Å². The van der Waals surface area contributed by atoms with Gasteiger partial charge >= 0.3 is 12.1 Å². The molecule has 4 rings (SSSR count). The third-order valence-corrected chi connectivity index (χ3v) is 6.43. The minimum atomic E-state index is -0.854. The number of carbonyl (C=O) groups excluding carboxylic acids is 2. The van der Waals surface area contributed by atoms with E-state index in [9.17, 15) is 14.4 Å². The van der Waals surface area contributed by atoms with Crippen LogP contribution in [-0.4, -0.2) is 42.3 Å². The van der Waals surface area contributed by atoms with Gasteiger partial charge in [0.05, 0.1) is 6.42 Å². The average Bonchev–Trinajstić information content (AvgIpc) is 3.11. The lowest BCUT2D eigenvalue weighted by atomic mass is 9.82. The number of nitrogens with one attached hydrogen (secondary N) is 2. The molecule has 2 aromatic carbocycles. The van der Waals surface area contributed by atoms with Gasteiger partial charge in [0, 0.05) is 12.0 Å².